The molecule has 1 N–H and O–H groups in total. The molecule has 1 aliphatic carbocycles. The van der Waals surface area contributed by atoms with Crippen LogP contribution in [0.5, 0.6) is 0 Å². The number of ether oxygens (including phenoxy) is 1. The number of ketones is 1. The van der Waals surface area contributed by atoms with Gasteiger partial charge in [-0.1, -0.05) is 57.6 Å². The Morgan fingerprint density at radius 2 is 1.96 bits per heavy atom. The number of hydrogen-bond acceptors (Lipinski definition) is 4. The molecule has 0 saturated heterocycles. The monoisotopic (exact) mass is 366 g/mol. The standard InChI is InChI=1S/C22H38O4/c1-4-5-10-16-22(2,25)17-15-18-13-14-20(23)19(18)11-8-6-7-9-12-21(24)26-3/h15,17-19,25H,4-14,16H2,1-3H3/b17-15+. The molecule has 0 aromatic carbocycles. The minimum Gasteiger partial charge on any atom is -0.469 e. The zero-order chi connectivity index (χ0) is 19.4. The van der Waals surface area contributed by atoms with E-state index in [2.05, 4.69) is 17.7 Å². The maximum atomic E-state index is 12.2. The third-order valence-electron chi connectivity index (χ3n) is 5.52. The summed E-state index contributed by atoms with van der Waals surface area (Å²) < 4.78 is 4.64. The first kappa shape index (κ1) is 22.9. The maximum absolute atomic E-state index is 12.2. The Morgan fingerprint density at radius 3 is 2.65 bits per heavy atom. The van der Waals surface area contributed by atoms with Gasteiger partial charge in [-0.05, 0) is 38.5 Å². The van der Waals surface area contributed by atoms with Crippen molar-refractivity contribution >= 4 is 11.8 Å². The first-order chi connectivity index (χ1) is 12.4. The molecule has 26 heavy (non-hydrogen) atoms. The lowest BCUT2D eigenvalue weighted by Crippen LogP contribution is -2.21. The van der Waals surface area contributed by atoms with Crippen LogP contribution in [-0.2, 0) is 14.3 Å². The summed E-state index contributed by atoms with van der Waals surface area (Å²) in [5.41, 5.74) is -0.765. The number of carbonyl (C=O) groups is 2. The Morgan fingerprint density at radius 1 is 1.23 bits per heavy atom. The number of esters is 1. The van der Waals surface area contributed by atoms with Crippen LogP contribution in [0.2, 0.25) is 0 Å². The molecule has 0 radical (unpaired) electrons. The fourth-order valence-electron chi connectivity index (χ4n) is 3.78. The highest BCUT2D eigenvalue weighted by atomic mass is 16.5. The smallest absolute Gasteiger partial charge is 0.305 e. The molecule has 0 aliphatic heterocycles. The Bertz CT molecular complexity index is 453. The highest BCUT2D eigenvalue weighted by molar-refractivity contribution is 5.83. The van der Waals surface area contributed by atoms with E-state index in [0.29, 0.717) is 18.6 Å². The van der Waals surface area contributed by atoms with E-state index in [1.54, 1.807) is 0 Å². The van der Waals surface area contributed by atoms with Crippen molar-refractivity contribution in [2.24, 2.45) is 11.8 Å². The second-order valence-electron chi connectivity index (χ2n) is 7.98. The summed E-state index contributed by atoms with van der Waals surface area (Å²) in [6, 6.07) is 0. The van der Waals surface area contributed by atoms with Gasteiger partial charge in [-0.15, -0.1) is 0 Å². The minimum atomic E-state index is -0.765. The number of unbranched alkanes of at least 4 members (excludes halogenated alkanes) is 5. The van der Waals surface area contributed by atoms with Gasteiger partial charge < -0.3 is 9.84 Å². The van der Waals surface area contributed by atoms with Gasteiger partial charge in [0.2, 0.25) is 0 Å². The second-order valence-corrected chi connectivity index (χ2v) is 7.98. The van der Waals surface area contributed by atoms with Crippen LogP contribution < -0.4 is 0 Å². The lowest BCUT2D eigenvalue weighted by Gasteiger charge is -2.21. The van der Waals surface area contributed by atoms with Crippen molar-refractivity contribution in [1.82, 2.24) is 0 Å². The SMILES string of the molecule is CCCCCC(C)(O)/C=C/C1CCC(=O)C1CCCCCCC(=O)OC. The number of allylic oxidation sites excluding steroid dienone is 1. The van der Waals surface area contributed by atoms with Crippen molar-refractivity contribution in [2.45, 2.75) is 96.5 Å². The largest absolute Gasteiger partial charge is 0.469 e. The summed E-state index contributed by atoms with van der Waals surface area (Å²) in [6.07, 6.45) is 15.0. The van der Waals surface area contributed by atoms with E-state index >= 15 is 0 Å². The van der Waals surface area contributed by atoms with E-state index in [-0.39, 0.29) is 17.8 Å². The first-order valence-electron chi connectivity index (χ1n) is 10.4. The fraction of sp³-hybridized carbons (Fsp3) is 0.818. The van der Waals surface area contributed by atoms with E-state index in [9.17, 15) is 14.7 Å². The molecule has 4 heteroatoms. The van der Waals surface area contributed by atoms with E-state index in [1.165, 1.54) is 7.11 Å². The molecule has 3 unspecified atom stereocenters. The molecule has 3 atom stereocenters. The molecular weight excluding hydrogens is 328 g/mol. The Kier molecular flexibility index (Phi) is 10.8. The number of methoxy groups -OCH3 is 1. The average Bonchev–Trinajstić information content (AvgIpc) is 2.96. The summed E-state index contributed by atoms with van der Waals surface area (Å²) in [4.78, 5) is 23.3. The molecule has 0 aromatic rings. The predicted octanol–water partition coefficient (Wildman–Crippen LogP) is 4.98. The summed E-state index contributed by atoms with van der Waals surface area (Å²) in [5, 5.41) is 10.5. The lowest BCUT2D eigenvalue weighted by molar-refractivity contribution is -0.140. The quantitative estimate of drug-likeness (QED) is 0.283. The molecule has 1 saturated carbocycles. The van der Waals surface area contributed by atoms with Gasteiger partial charge in [0.1, 0.15) is 5.78 Å². The van der Waals surface area contributed by atoms with E-state index in [4.69, 9.17) is 0 Å². The number of carbonyl (C=O) groups excluding carboxylic acids is 2. The van der Waals surface area contributed by atoms with Crippen molar-refractivity contribution in [1.29, 1.82) is 0 Å². The number of Topliss-reactive ketones (excluding diaryl/α,β-unsaturated/α-hetero) is 1. The van der Waals surface area contributed by atoms with Gasteiger partial charge in [-0.2, -0.15) is 0 Å². The Hall–Kier alpha value is -1.16. The van der Waals surface area contributed by atoms with Crippen molar-refractivity contribution in [3.8, 4) is 0 Å². The van der Waals surface area contributed by atoms with Crippen molar-refractivity contribution < 1.29 is 19.4 Å². The van der Waals surface area contributed by atoms with Crippen LogP contribution in [0.15, 0.2) is 12.2 Å². The molecule has 0 spiro atoms. The summed E-state index contributed by atoms with van der Waals surface area (Å²) >= 11 is 0. The van der Waals surface area contributed by atoms with Crippen LogP contribution in [0.1, 0.15) is 90.9 Å². The number of aliphatic hydroxyl groups is 1. The lowest BCUT2D eigenvalue weighted by atomic mass is 9.87. The second kappa shape index (κ2) is 12.3. The average molecular weight is 367 g/mol. The summed E-state index contributed by atoms with van der Waals surface area (Å²) in [6.45, 7) is 4.03. The Labute approximate surface area is 159 Å². The van der Waals surface area contributed by atoms with Crippen LogP contribution in [-0.4, -0.2) is 29.6 Å². The van der Waals surface area contributed by atoms with E-state index in [1.807, 2.05) is 13.0 Å². The number of hydrogen-bond donors (Lipinski definition) is 1. The van der Waals surface area contributed by atoms with Crippen LogP contribution in [0.4, 0.5) is 0 Å². The van der Waals surface area contributed by atoms with Gasteiger partial charge in [-0.25, -0.2) is 0 Å². The zero-order valence-electron chi connectivity index (χ0n) is 17.0. The molecule has 1 fully saturated rings. The van der Waals surface area contributed by atoms with Crippen molar-refractivity contribution in [3.63, 3.8) is 0 Å². The molecule has 1 rings (SSSR count). The number of rotatable bonds is 13. The fourth-order valence-corrected chi connectivity index (χ4v) is 3.78. The van der Waals surface area contributed by atoms with Gasteiger partial charge in [-0.3, -0.25) is 9.59 Å². The molecule has 0 bridgehead atoms. The molecule has 4 nitrogen and oxygen atoms in total. The topological polar surface area (TPSA) is 63.6 Å². The zero-order valence-corrected chi connectivity index (χ0v) is 17.0. The van der Waals surface area contributed by atoms with Crippen molar-refractivity contribution in [2.75, 3.05) is 7.11 Å². The highest BCUT2D eigenvalue weighted by Crippen LogP contribution is 2.34. The van der Waals surface area contributed by atoms with Gasteiger partial charge in [0.25, 0.3) is 0 Å². The normalized spacial score (nSPS) is 22.7. The minimum absolute atomic E-state index is 0.110. The van der Waals surface area contributed by atoms with Crippen LogP contribution in [0.25, 0.3) is 0 Å². The molecule has 0 heterocycles. The van der Waals surface area contributed by atoms with Gasteiger partial charge in [0.05, 0.1) is 12.7 Å². The molecule has 1 aliphatic rings. The van der Waals surface area contributed by atoms with Crippen LogP contribution in [0.3, 0.4) is 0 Å². The highest BCUT2D eigenvalue weighted by Gasteiger charge is 2.32. The molecule has 0 amide bonds. The molecule has 0 aromatic heterocycles. The van der Waals surface area contributed by atoms with E-state index in [0.717, 1.165) is 64.2 Å². The molecular formula is C22H38O4. The Balaban J connectivity index is 2.35. The van der Waals surface area contributed by atoms with Crippen LogP contribution >= 0.6 is 0 Å². The van der Waals surface area contributed by atoms with Crippen LogP contribution in [0, 0.1) is 11.8 Å². The molecule has 150 valence electrons. The first-order valence-corrected chi connectivity index (χ1v) is 10.4. The summed E-state index contributed by atoms with van der Waals surface area (Å²) in [7, 11) is 1.42. The van der Waals surface area contributed by atoms with Crippen molar-refractivity contribution in [3.05, 3.63) is 12.2 Å². The van der Waals surface area contributed by atoms with Gasteiger partial charge in [0, 0.05) is 18.8 Å². The maximum Gasteiger partial charge on any atom is 0.305 e. The third-order valence-corrected chi connectivity index (χ3v) is 5.52. The predicted molar refractivity (Wildman–Crippen MR) is 105 cm³/mol. The van der Waals surface area contributed by atoms with Gasteiger partial charge in [0.15, 0.2) is 0 Å². The summed E-state index contributed by atoms with van der Waals surface area (Å²) in [5.74, 6) is 0.612. The van der Waals surface area contributed by atoms with Gasteiger partial charge >= 0.3 is 5.97 Å². The van der Waals surface area contributed by atoms with E-state index < -0.39 is 5.60 Å². The third kappa shape index (κ3) is 8.98.